The Balaban J connectivity index is 0.00000200. The van der Waals surface area contributed by atoms with Gasteiger partial charge in [0.15, 0.2) is 0 Å². The zero-order chi connectivity index (χ0) is 13.9. The highest BCUT2D eigenvalue weighted by Gasteiger charge is 2.17. The summed E-state index contributed by atoms with van der Waals surface area (Å²) in [5, 5.41) is 9.62. The molecule has 2 aromatic rings. The number of carbonyl (C=O) groups is 1. The number of amides is 1. The number of benzene rings is 1. The van der Waals surface area contributed by atoms with Crippen molar-refractivity contribution in [2.45, 2.75) is 19.4 Å². The van der Waals surface area contributed by atoms with Crippen LogP contribution >= 0.6 is 12.4 Å². The third kappa shape index (κ3) is 4.08. The van der Waals surface area contributed by atoms with E-state index in [1.165, 1.54) is 6.20 Å². The van der Waals surface area contributed by atoms with Crippen LogP contribution < -0.4 is 11.1 Å². The minimum atomic E-state index is -0.438. The van der Waals surface area contributed by atoms with Crippen LogP contribution in [-0.2, 0) is 0 Å². The van der Waals surface area contributed by atoms with E-state index < -0.39 is 5.54 Å². The van der Waals surface area contributed by atoms with E-state index in [4.69, 9.17) is 5.73 Å². The fraction of sp³-hybridized carbons (Fsp3) is 0.286. The Bertz CT molecular complexity index is 560. The summed E-state index contributed by atoms with van der Waals surface area (Å²) in [6.07, 6.45) is 1.53. The van der Waals surface area contributed by atoms with E-state index in [1.807, 2.05) is 44.2 Å². The molecule has 0 bridgehead atoms. The quantitative estimate of drug-likeness (QED) is 0.806. The first-order valence-corrected chi connectivity index (χ1v) is 6.13. The Morgan fingerprint density at radius 1 is 1.35 bits per heavy atom. The number of hydrogen-bond donors (Lipinski definition) is 3. The lowest BCUT2D eigenvalue weighted by atomic mass is 10.1. The summed E-state index contributed by atoms with van der Waals surface area (Å²) in [6, 6.07) is 9.62. The van der Waals surface area contributed by atoms with Crippen LogP contribution in [-0.4, -0.2) is 28.2 Å². The molecule has 0 aliphatic carbocycles. The van der Waals surface area contributed by atoms with Gasteiger partial charge in [-0.3, -0.25) is 9.89 Å². The summed E-state index contributed by atoms with van der Waals surface area (Å²) in [7, 11) is 0. The smallest absolute Gasteiger partial charge is 0.255 e. The van der Waals surface area contributed by atoms with Gasteiger partial charge in [-0.2, -0.15) is 5.10 Å². The average Bonchev–Trinajstić information content (AvgIpc) is 2.85. The summed E-state index contributed by atoms with van der Waals surface area (Å²) in [4.78, 5) is 12.1. The molecule has 0 radical (unpaired) electrons. The monoisotopic (exact) mass is 294 g/mol. The van der Waals surface area contributed by atoms with Crippen LogP contribution in [0.2, 0.25) is 0 Å². The zero-order valence-corrected chi connectivity index (χ0v) is 12.3. The molecule has 0 atom stereocenters. The molecule has 1 amide bonds. The second kappa shape index (κ2) is 6.54. The van der Waals surface area contributed by atoms with E-state index in [9.17, 15) is 4.79 Å². The minimum absolute atomic E-state index is 0. The highest BCUT2D eigenvalue weighted by atomic mass is 35.5. The summed E-state index contributed by atoms with van der Waals surface area (Å²) < 4.78 is 0. The van der Waals surface area contributed by atoms with Crippen molar-refractivity contribution in [1.29, 1.82) is 0 Å². The molecule has 0 saturated heterocycles. The van der Waals surface area contributed by atoms with Gasteiger partial charge in [0.05, 0.1) is 17.5 Å². The number of H-pyrrole nitrogens is 1. The lowest BCUT2D eigenvalue weighted by molar-refractivity contribution is 0.0947. The molecule has 0 saturated carbocycles. The molecule has 1 heterocycles. The van der Waals surface area contributed by atoms with Crippen LogP contribution in [0.1, 0.15) is 24.2 Å². The number of nitrogens with two attached hydrogens (primary N) is 1. The van der Waals surface area contributed by atoms with Crippen molar-refractivity contribution in [3.63, 3.8) is 0 Å². The molecule has 5 nitrogen and oxygen atoms in total. The number of halogens is 1. The molecular weight excluding hydrogens is 276 g/mol. The number of nitrogens with one attached hydrogen (secondary N) is 2. The van der Waals surface area contributed by atoms with Crippen LogP contribution in [0.25, 0.3) is 11.3 Å². The van der Waals surface area contributed by atoms with Gasteiger partial charge in [0, 0.05) is 17.6 Å². The third-order valence-corrected chi connectivity index (χ3v) is 2.65. The van der Waals surface area contributed by atoms with Crippen LogP contribution in [0.5, 0.6) is 0 Å². The van der Waals surface area contributed by atoms with E-state index in [-0.39, 0.29) is 18.3 Å². The Labute approximate surface area is 124 Å². The van der Waals surface area contributed by atoms with Crippen molar-refractivity contribution < 1.29 is 4.79 Å². The zero-order valence-electron chi connectivity index (χ0n) is 11.5. The topological polar surface area (TPSA) is 83.8 Å². The largest absolute Gasteiger partial charge is 0.350 e. The highest BCUT2D eigenvalue weighted by Crippen LogP contribution is 2.20. The highest BCUT2D eigenvalue weighted by molar-refractivity contribution is 5.99. The van der Waals surface area contributed by atoms with Gasteiger partial charge in [-0.1, -0.05) is 30.3 Å². The lowest BCUT2D eigenvalue weighted by Crippen LogP contribution is -2.45. The summed E-state index contributed by atoms with van der Waals surface area (Å²) in [6.45, 7) is 4.13. The Hall–Kier alpha value is -1.85. The second-order valence-corrected chi connectivity index (χ2v) is 5.20. The van der Waals surface area contributed by atoms with Crippen molar-refractivity contribution in [2.24, 2.45) is 5.73 Å². The summed E-state index contributed by atoms with van der Waals surface area (Å²) in [5.74, 6) is -0.175. The lowest BCUT2D eigenvalue weighted by Gasteiger charge is -2.18. The number of carbonyl (C=O) groups excluding carboxylic acids is 1. The summed E-state index contributed by atoms with van der Waals surface area (Å²) in [5.41, 5.74) is 7.58. The van der Waals surface area contributed by atoms with Gasteiger partial charge in [-0.05, 0) is 13.8 Å². The van der Waals surface area contributed by atoms with Crippen LogP contribution in [0.3, 0.4) is 0 Å². The number of hydrogen-bond acceptors (Lipinski definition) is 3. The first-order valence-electron chi connectivity index (χ1n) is 6.13. The van der Waals surface area contributed by atoms with Crippen molar-refractivity contribution >= 4 is 18.3 Å². The maximum absolute atomic E-state index is 12.1. The van der Waals surface area contributed by atoms with Crippen molar-refractivity contribution in [3.8, 4) is 11.3 Å². The van der Waals surface area contributed by atoms with Gasteiger partial charge in [0.25, 0.3) is 5.91 Å². The molecule has 20 heavy (non-hydrogen) atoms. The number of rotatable bonds is 4. The fourth-order valence-corrected chi connectivity index (χ4v) is 1.69. The van der Waals surface area contributed by atoms with E-state index in [2.05, 4.69) is 15.5 Å². The molecule has 0 fully saturated rings. The molecule has 6 heteroatoms. The van der Waals surface area contributed by atoms with Gasteiger partial charge in [-0.15, -0.1) is 12.4 Å². The first kappa shape index (κ1) is 16.2. The molecule has 4 N–H and O–H groups in total. The standard InChI is InChI=1S/C14H18N4O.ClH/c1-14(2,15)9-16-13(19)11-8-17-18-12(11)10-6-4-3-5-7-10;/h3-8H,9,15H2,1-2H3,(H,16,19)(H,17,18);1H. The molecule has 1 aromatic carbocycles. The fourth-order valence-electron chi connectivity index (χ4n) is 1.69. The number of nitrogens with zero attached hydrogens (tertiary/aromatic N) is 1. The van der Waals surface area contributed by atoms with Gasteiger partial charge >= 0.3 is 0 Å². The van der Waals surface area contributed by atoms with Crippen LogP contribution in [0.4, 0.5) is 0 Å². The van der Waals surface area contributed by atoms with Gasteiger partial charge in [-0.25, -0.2) is 0 Å². The van der Waals surface area contributed by atoms with Crippen LogP contribution in [0, 0.1) is 0 Å². The number of aromatic amines is 1. The Morgan fingerprint density at radius 2 is 2.00 bits per heavy atom. The molecule has 0 unspecified atom stereocenters. The Morgan fingerprint density at radius 3 is 2.60 bits per heavy atom. The van der Waals surface area contributed by atoms with E-state index in [0.717, 1.165) is 5.56 Å². The SMILES string of the molecule is CC(C)(N)CNC(=O)c1cn[nH]c1-c1ccccc1.Cl. The van der Waals surface area contributed by atoms with E-state index >= 15 is 0 Å². The van der Waals surface area contributed by atoms with Gasteiger partial charge in [0.2, 0.25) is 0 Å². The van der Waals surface area contributed by atoms with Crippen molar-refractivity contribution in [1.82, 2.24) is 15.5 Å². The van der Waals surface area contributed by atoms with Gasteiger partial charge < -0.3 is 11.1 Å². The molecule has 1 aromatic heterocycles. The predicted molar refractivity (Wildman–Crippen MR) is 81.9 cm³/mol. The molecule has 2 rings (SSSR count). The van der Waals surface area contributed by atoms with Crippen LogP contribution in [0.15, 0.2) is 36.5 Å². The Kier molecular flexibility index (Phi) is 5.30. The molecule has 0 spiro atoms. The second-order valence-electron chi connectivity index (χ2n) is 5.20. The molecule has 0 aliphatic heterocycles. The van der Waals surface area contributed by atoms with E-state index in [1.54, 1.807) is 0 Å². The third-order valence-electron chi connectivity index (χ3n) is 2.65. The minimum Gasteiger partial charge on any atom is -0.350 e. The predicted octanol–water partition coefficient (Wildman–Crippen LogP) is 1.97. The molecular formula is C14H19ClN4O. The molecule has 0 aliphatic rings. The summed E-state index contributed by atoms with van der Waals surface area (Å²) >= 11 is 0. The van der Waals surface area contributed by atoms with Crippen molar-refractivity contribution in [3.05, 3.63) is 42.1 Å². The average molecular weight is 295 g/mol. The van der Waals surface area contributed by atoms with Crippen molar-refractivity contribution in [2.75, 3.05) is 6.54 Å². The van der Waals surface area contributed by atoms with E-state index in [0.29, 0.717) is 17.8 Å². The first-order chi connectivity index (χ1) is 8.97. The number of aromatic nitrogens is 2. The maximum Gasteiger partial charge on any atom is 0.255 e. The normalized spacial score (nSPS) is 10.8. The van der Waals surface area contributed by atoms with Gasteiger partial charge in [0.1, 0.15) is 0 Å². The molecule has 108 valence electrons. The maximum atomic E-state index is 12.1.